The first-order chi connectivity index (χ1) is 11.6. The van der Waals surface area contributed by atoms with Gasteiger partial charge in [0.05, 0.1) is 10.6 Å². The Kier molecular flexibility index (Phi) is 5.17. The van der Waals surface area contributed by atoms with Gasteiger partial charge in [0.1, 0.15) is 5.82 Å². The number of halogens is 1. The molecule has 0 atom stereocenters. The fourth-order valence-electron chi connectivity index (χ4n) is 2.53. The van der Waals surface area contributed by atoms with Crippen molar-refractivity contribution in [3.63, 3.8) is 0 Å². The number of amides is 1. The molecule has 1 aromatic carbocycles. The Morgan fingerprint density at radius 2 is 1.88 bits per heavy atom. The molecular formula is C17H19ClN4O2. The highest BCUT2D eigenvalue weighted by Gasteiger charge is 2.13. The molecule has 24 heavy (non-hydrogen) atoms. The number of rotatable bonds is 5. The van der Waals surface area contributed by atoms with Gasteiger partial charge in [0.2, 0.25) is 5.91 Å². The fraction of sp³-hybridized carbons (Fsp3) is 0.294. The Balaban J connectivity index is 1.64. The third-order valence-corrected chi connectivity index (χ3v) is 4.15. The molecule has 1 amide bonds. The zero-order valence-electron chi connectivity index (χ0n) is 13.1. The van der Waals surface area contributed by atoms with Gasteiger partial charge in [0, 0.05) is 36.8 Å². The summed E-state index contributed by atoms with van der Waals surface area (Å²) in [4.78, 5) is 15.2. The fourth-order valence-corrected chi connectivity index (χ4v) is 2.74. The highest BCUT2D eigenvalue weighted by Crippen LogP contribution is 2.25. The number of carbonyl (C=O) groups is 1. The molecule has 1 saturated heterocycles. The van der Waals surface area contributed by atoms with Gasteiger partial charge < -0.3 is 21.1 Å². The number of hydrogen-bond acceptors (Lipinski definition) is 5. The Bertz CT molecular complexity index is 715. The third kappa shape index (κ3) is 4.15. The summed E-state index contributed by atoms with van der Waals surface area (Å²) >= 11 is 6.13. The van der Waals surface area contributed by atoms with Gasteiger partial charge in [0.15, 0.2) is 0 Å². The molecule has 2 aromatic rings. The Morgan fingerprint density at radius 3 is 2.50 bits per heavy atom. The quantitative estimate of drug-likeness (QED) is 0.773. The van der Waals surface area contributed by atoms with E-state index in [9.17, 15) is 4.79 Å². The van der Waals surface area contributed by atoms with E-state index in [1.54, 1.807) is 0 Å². The van der Waals surface area contributed by atoms with Gasteiger partial charge in [-0.15, -0.1) is 0 Å². The lowest BCUT2D eigenvalue weighted by atomic mass is 10.1. The number of benzene rings is 1. The first-order valence-corrected chi connectivity index (χ1v) is 8.16. The molecule has 2 heterocycles. The molecule has 1 fully saturated rings. The lowest BCUT2D eigenvalue weighted by Gasteiger charge is -2.24. The molecule has 0 unspecified atom stereocenters. The summed E-state index contributed by atoms with van der Waals surface area (Å²) in [5, 5.41) is 6.97. The maximum absolute atomic E-state index is 11.1. The number of hydrogen-bond donors (Lipinski definition) is 3. The van der Waals surface area contributed by atoms with E-state index >= 15 is 0 Å². The second-order valence-corrected chi connectivity index (χ2v) is 6.06. The number of pyridine rings is 1. The Hall–Kier alpha value is -2.31. The lowest BCUT2D eigenvalue weighted by Crippen LogP contribution is -2.27. The maximum atomic E-state index is 11.1. The zero-order chi connectivity index (χ0) is 16.9. The highest BCUT2D eigenvalue weighted by atomic mass is 35.5. The number of carbonyl (C=O) groups excluding carboxylic acids is 1. The van der Waals surface area contributed by atoms with Gasteiger partial charge in [-0.3, -0.25) is 4.79 Å². The number of aromatic nitrogens is 1. The van der Waals surface area contributed by atoms with Crippen molar-refractivity contribution in [3.8, 4) is 0 Å². The standard InChI is InChI=1S/C17H19ClN4O2/c18-15-9-11(16(19)23)10-20-17(15)22-13-3-1-12(2-4-13)21-14-5-7-24-8-6-14/h1-4,9-10,14,21H,5-8H2,(H2,19,23)(H,20,22). The molecule has 0 spiro atoms. The van der Waals surface area contributed by atoms with Gasteiger partial charge in [-0.05, 0) is 43.2 Å². The second kappa shape index (κ2) is 7.51. The second-order valence-electron chi connectivity index (χ2n) is 5.65. The minimum Gasteiger partial charge on any atom is -0.382 e. The smallest absolute Gasteiger partial charge is 0.250 e. The average Bonchev–Trinajstić information content (AvgIpc) is 2.59. The summed E-state index contributed by atoms with van der Waals surface area (Å²) in [5.41, 5.74) is 7.41. The molecule has 0 bridgehead atoms. The van der Waals surface area contributed by atoms with E-state index in [1.807, 2.05) is 24.3 Å². The summed E-state index contributed by atoms with van der Waals surface area (Å²) in [5.74, 6) is -0.0775. The van der Waals surface area contributed by atoms with Gasteiger partial charge in [-0.2, -0.15) is 0 Å². The molecule has 126 valence electrons. The van der Waals surface area contributed by atoms with E-state index in [0.29, 0.717) is 16.9 Å². The minimum atomic E-state index is -0.556. The molecule has 1 aliphatic heterocycles. The first kappa shape index (κ1) is 16.5. The number of nitrogens with one attached hydrogen (secondary N) is 2. The SMILES string of the molecule is NC(=O)c1cnc(Nc2ccc(NC3CCOCC3)cc2)c(Cl)c1. The summed E-state index contributed by atoms with van der Waals surface area (Å²) in [7, 11) is 0. The van der Waals surface area contributed by atoms with Crippen LogP contribution >= 0.6 is 11.6 Å². The largest absolute Gasteiger partial charge is 0.382 e. The lowest BCUT2D eigenvalue weighted by molar-refractivity contribution is 0.0904. The Morgan fingerprint density at radius 1 is 1.21 bits per heavy atom. The van der Waals surface area contributed by atoms with Crippen LogP contribution < -0.4 is 16.4 Å². The maximum Gasteiger partial charge on any atom is 0.250 e. The van der Waals surface area contributed by atoms with Crippen LogP contribution in [0.15, 0.2) is 36.5 Å². The first-order valence-electron chi connectivity index (χ1n) is 7.78. The van der Waals surface area contributed by atoms with Gasteiger partial charge in [0.25, 0.3) is 0 Å². The van der Waals surface area contributed by atoms with Crippen LogP contribution in [0.3, 0.4) is 0 Å². The van der Waals surface area contributed by atoms with E-state index in [1.165, 1.54) is 12.3 Å². The predicted octanol–water partition coefficient (Wildman–Crippen LogP) is 3.17. The van der Waals surface area contributed by atoms with Gasteiger partial charge in [-0.1, -0.05) is 11.6 Å². The molecule has 4 N–H and O–H groups in total. The minimum absolute atomic E-state index is 0.279. The van der Waals surface area contributed by atoms with Crippen LogP contribution in [-0.4, -0.2) is 30.1 Å². The number of nitrogens with two attached hydrogens (primary N) is 1. The van der Waals surface area contributed by atoms with E-state index in [4.69, 9.17) is 22.1 Å². The molecule has 1 aliphatic rings. The van der Waals surface area contributed by atoms with Crippen LogP contribution in [-0.2, 0) is 4.74 Å². The third-order valence-electron chi connectivity index (χ3n) is 3.87. The summed E-state index contributed by atoms with van der Waals surface area (Å²) in [6.07, 6.45) is 3.44. The van der Waals surface area contributed by atoms with E-state index in [-0.39, 0.29) is 5.56 Å². The van der Waals surface area contributed by atoms with Crippen LogP contribution in [0.4, 0.5) is 17.2 Å². The van der Waals surface area contributed by atoms with Crippen molar-refractivity contribution in [1.29, 1.82) is 0 Å². The van der Waals surface area contributed by atoms with Gasteiger partial charge >= 0.3 is 0 Å². The summed E-state index contributed by atoms with van der Waals surface area (Å²) in [6, 6.07) is 9.85. The van der Waals surface area contributed by atoms with Crippen molar-refractivity contribution in [1.82, 2.24) is 4.98 Å². The van der Waals surface area contributed by atoms with Crippen molar-refractivity contribution < 1.29 is 9.53 Å². The normalized spacial score (nSPS) is 15.0. The van der Waals surface area contributed by atoms with Crippen LogP contribution in [0.25, 0.3) is 0 Å². The molecular weight excluding hydrogens is 328 g/mol. The molecule has 0 aliphatic carbocycles. The summed E-state index contributed by atoms with van der Waals surface area (Å²) in [6.45, 7) is 1.62. The van der Waals surface area contributed by atoms with Crippen molar-refractivity contribution >= 4 is 34.7 Å². The van der Waals surface area contributed by atoms with Crippen LogP contribution in [0.2, 0.25) is 5.02 Å². The number of ether oxygens (including phenoxy) is 1. The molecule has 6 nitrogen and oxygen atoms in total. The molecule has 1 aromatic heterocycles. The number of nitrogens with zero attached hydrogens (tertiary/aromatic N) is 1. The highest BCUT2D eigenvalue weighted by molar-refractivity contribution is 6.33. The monoisotopic (exact) mass is 346 g/mol. The van der Waals surface area contributed by atoms with Gasteiger partial charge in [-0.25, -0.2) is 4.98 Å². The Labute approximate surface area is 145 Å². The van der Waals surface area contributed by atoms with Crippen LogP contribution in [0.1, 0.15) is 23.2 Å². The topological polar surface area (TPSA) is 89.3 Å². The van der Waals surface area contributed by atoms with Crippen molar-refractivity contribution in [2.45, 2.75) is 18.9 Å². The average molecular weight is 347 g/mol. The van der Waals surface area contributed by atoms with E-state index in [2.05, 4.69) is 15.6 Å². The number of primary amides is 1. The molecule has 0 radical (unpaired) electrons. The molecule has 7 heteroatoms. The summed E-state index contributed by atoms with van der Waals surface area (Å²) < 4.78 is 5.36. The number of anilines is 3. The molecule has 0 saturated carbocycles. The zero-order valence-corrected chi connectivity index (χ0v) is 13.8. The van der Waals surface area contributed by atoms with Crippen molar-refractivity contribution in [2.24, 2.45) is 5.73 Å². The van der Waals surface area contributed by atoms with E-state index in [0.717, 1.165) is 37.4 Å². The van der Waals surface area contributed by atoms with Crippen molar-refractivity contribution in [2.75, 3.05) is 23.8 Å². The van der Waals surface area contributed by atoms with E-state index < -0.39 is 5.91 Å². The van der Waals surface area contributed by atoms with Crippen LogP contribution in [0.5, 0.6) is 0 Å². The molecule has 3 rings (SSSR count). The van der Waals surface area contributed by atoms with Crippen LogP contribution in [0, 0.1) is 0 Å². The predicted molar refractivity (Wildman–Crippen MR) is 95.0 cm³/mol. The van der Waals surface area contributed by atoms with Crippen molar-refractivity contribution in [3.05, 3.63) is 47.1 Å².